The Hall–Kier alpha value is -2.86. The number of nitrogens with zero attached hydrogens (tertiary/aromatic N) is 1. The van der Waals surface area contributed by atoms with Gasteiger partial charge in [0.25, 0.3) is 0 Å². The van der Waals surface area contributed by atoms with Gasteiger partial charge in [-0.25, -0.2) is 9.59 Å². The first-order valence-electron chi connectivity index (χ1n) is 11.9. The first-order valence-corrected chi connectivity index (χ1v) is 11.9. The minimum atomic E-state index is -0.833. The van der Waals surface area contributed by atoms with Crippen LogP contribution in [0.15, 0.2) is 54.6 Å². The van der Waals surface area contributed by atoms with E-state index in [2.05, 4.69) is 31.2 Å². The van der Waals surface area contributed by atoms with Crippen molar-refractivity contribution in [2.45, 2.75) is 63.1 Å². The minimum absolute atomic E-state index is 0.0180. The van der Waals surface area contributed by atoms with Gasteiger partial charge in [-0.1, -0.05) is 60.2 Å². The van der Waals surface area contributed by atoms with Crippen LogP contribution in [0, 0.1) is 12.8 Å². The molecular weight excluding hydrogens is 416 g/mol. The summed E-state index contributed by atoms with van der Waals surface area (Å²) in [5, 5.41) is 0. The number of methoxy groups -OCH3 is 1. The fourth-order valence-electron chi connectivity index (χ4n) is 5.74. The standard InChI is InChI=1S/C27H34N2O4/c1-19-8-6-9-20(18-19)13-16-27(33-25(30)24(28)21-10-4-3-5-11-21)15-7-12-23-22(27)14-17-29(23)26(31)32-2/h3-6,8-11,18,22-24H,7,12-17,28H2,1-2H3/t22-,23-,24+,27-/m1/s1. The molecule has 0 bridgehead atoms. The molecule has 1 saturated heterocycles. The van der Waals surface area contributed by atoms with Crippen LogP contribution in [0.4, 0.5) is 4.79 Å². The van der Waals surface area contributed by atoms with Crippen LogP contribution in [-0.4, -0.2) is 42.3 Å². The van der Waals surface area contributed by atoms with Gasteiger partial charge >= 0.3 is 12.1 Å². The molecule has 4 rings (SSSR count). The molecule has 4 atom stereocenters. The zero-order chi connectivity index (χ0) is 23.4. The Morgan fingerprint density at radius 3 is 2.67 bits per heavy atom. The van der Waals surface area contributed by atoms with Gasteiger partial charge in [0.2, 0.25) is 0 Å². The van der Waals surface area contributed by atoms with Gasteiger partial charge in [0.05, 0.1) is 7.11 Å². The molecule has 0 unspecified atom stereocenters. The largest absolute Gasteiger partial charge is 0.457 e. The lowest BCUT2D eigenvalue weighted by Crippen LogP contribution is -2.53. The molecule has 6 heteroatoms. The summed E-state index contributed by atoms with van der Waals surface area (Å²) < 4.78 is 11.4. The van der Waals surface area contributed by atoms with Gasteiger partial charge in [-0.05, 0) is 56.6 Å². The van der Waals surface area contributed by atoms with Gasteiger partial charge in [0.15, 0.2) is 0 Å². The number of ether oxygens (including phenoxy) is 2. The molecule has 1 saturated carbocycles. The van der Waals surface area contributed by atoms with Gasteiger partial charge in [-0.2, -0.15) is 0 Å². The smallest absolute Gasteiger partial charge is 0.409 e. The molecule has 2 aromatic carbocycles. The number of rotatable bonds is 6. The number of hydrogen-bond acceptors (Lipinski definition) is 5. The maximum Gasteiger partial charge on any atom is 0.409 e. The first kappa shape index (κ1) is 23.3. The topological polar surface area (TPSA) is 81.9 Å². The monoisotopic (exact) mass is 450 g/mol. The molecule has 0 spiro atoms. The number of hydrogen-bond donors (Lipinski definition) is 1. The van der Waals surface area contributed by atoms with E-state index in [4.69, 9.17) is 15.2 Å². The van der Waals surface area contributed by atoms with E-state index in [-0.39, 0.29) is 18.1 Å². The SMILES string of the molecule is COC(=O)N1CC[C@@H]2[C@H]1CCC[C@]2(CCc1cccc(C)c1)OC(=O)[C@@H](N)c1ccccc1. The minimum Gasteiger partial charge on any atom is -0.457 e. The zero-order valence-corrected chi connectivity index (χ0v) is 19.5. The highest BCUT2D eigenvalue weighted by Gasteiger charge is 2.54. The van der Waals surface area contributed by atoms with E-state index in [1.807, 2.05) is 35.2 Å². The summed E-state index contributed by atoms with van der Waals surface area (Å²) in [5.74, 6) is -0.329. The number of benzene rings is 2. The van der Waals surface area contributed by atoms with Crippen molar-refractivity contribution in [2.75, 3.05) is 13.7 Å². The van der Waals surface area contributed by atoms with Crippen LogP contribution >= 0.6 is 0 Å². The summed E-state index contributed by atoms with van der Waals surface area (Å²) in [7, 11) is 1.42. The second kappa shape index (κ2) is 9.96. The first-order chi connectivity index (χ1) is 15.9. The van der Waals surface area contributed by atoms with E-state index in [9.17, 15) is 9.59 Å². The number of aryl methyl sites for hydroxylation is 2. The van der Waals surface area contributed by atoms with Crippen LogP contribution in [0.1, 0.15) is 54.8 Å². The maximum atomic E-state index is 13.3. The molecule has 176 valence electrons. The summed E-state index contributed by atoms with van der Waals surface area (Å²) >= 11 is 0. The third-order valence-electron chi connectivity index (χ3n) is 7.37. The third kappa shape index (κ3) is 4.91. The molecule has 2 fully saturated rings. The summed E-state index contributed by atoms with van der Waals surface area (Å²) in [6, 6.07) is 17.0. The van der Waals surface area contributed by atoms with Crippen LogP contribution in [0.25, 0.3) is 0 Å². The van der Waals surface area contributed by atoms with Crippen molar-refractivity contribution < 1.29 is 19.1 Å². The van der Waals surface area contributed by atoms with Crippen LogP contribution in [0.2, 0.25) is 0 Å². The number of likely N-dealkylation sites (tertiary alicyclic amines) is 1. The van der Waals surface area contributed by atoms with Crippen LogP contribution in [-0.2, 0) is 20.7 Å². The van der Waals surface area contributed by atoms with E-state index < -0.39 is 17.6 Å². The summed E-state index contributed by atoms with van der Waals surface area (Å²) in [6.07, 6.45) is 4.56. The molecule has 1 aliphatic heterocycles. The van der Waals surface area contributed by atoms with Crippen molar-refractivity contribution in [3.63, 3.8) is 0 Å². The number of nitrogens with two attached hydrogens (primary N) is 1. The Morgan fingerprint density at radius 1 is 1.15 bits per heavy atom. The lowest BCUT2D eigenvalue weighted by molar-refractivity contribution is -0.175. The highest BCUT2D eigenvalue weighted by molar-refractivity contribution is 5.78. The highest BCUT2D eigenvalue weighted by atomic mass is 16.6. The van der Waals surface area contributed by atoms with E-state index in [1.165, 1.54) is 18.2 Å². The molecule has 1 amide bonds. The Balaban J connectivity index is 1.60. The highest BCUT2D eigenvalue weighted by Crippen LogP contribution is 2.48. The Kier molecular flexibility index (Phi) is 7.03. The molecule has 0 aromatic heterocycles. The number of fused-ring (bicyclic) bond motifs is 1. The quantitative estimate of drug-likeness (QED) is 0.653. The van der Waals surface area contributed by atoms with Crippen molar-refractivity contribution >= 4 is 12.1 Å². The van der Waals surface area contributed by atoms with E-state index in [1.54, 1.807) is 0 Å². The van der Waals surface area contributed by atoms with Crippen molar-refractivity contribution in [3.8, 4) is 0 Å². The van der Waals surface area contributed by atoms with Crippen molar-refractivity contribution in [1.82, 2.24) is 4.90 Å². The average molecular weight is 451 g/mol. The second-order valence-corrected chi connectivity index (χ2v) is 9.38. The molecule has 6 nitrogen and oxygen atoms in total. The maximum absolute atomic E-state index is 13.3. The van der Waals surface area contributed by atoms with Gasteiger partial charge in [0, 0.05) is 18.5 Å². The van der Waals surface area contributed by atoms with Crippen LogP contribution in [0.5, 0.6) is 0 Å². The molecule has 1 aliphatic carbocycles. The Labute approximate surface area is 196 Å². The van der Waals surface area contributed by atoms with Gasteiger partial charge in [-0.3, -0.25) is 0 Å². The van der Waals surface area contributed by atoms with Crippen molar-refractivity contribution in [3.05, 3.63) is 71.3 Å². The summed E-state index contributed by atoms with van der Waals surface area (Å²) in [6.45, 7) is 2.70. The Morgan fingerprint density at radius 2 is 1.94 bits per heavy atom. The van der Waals surface area contributed by atoms with E-state index in [0.717, 1.165) is 37.7 Å². The van der Waals surface area contributed by atoms with E-state index >= 15 is 0 Å². The lowest BCUT2D eigenvalue weighted by Gasteiger charge is -2.46. The number of carbonyl (C=O) groups excluding carboxylic acids is 2. The number of carbonyl (C=O) groups is 2. The lowest BCUT2D eigenvalue weighted by atomic mass is 9.69. The molecule has 33 heavy (non-hydrogen) atoms. The van der Waals surface area contributed by atoms with Crippen molar-refractivity contribution in [1.29, 1.82) is 0 Å². The fourth-order valence-corrected chi connectivity index (χ4v) is 5.74. The fraction of sp³-hybridized carbons (Fsp3) is 0.481. The zero-order valence-electron chi connectivity index (χ0n) is 19.5. The number of esters is 1. The molecule has 2 N–H and O–H groups in total. The van der Waals surface area contributed by atoms with Gasteiger partial charge < -0.3 is 20.1 Å². The van der Waals surface area contributed by atoms with Crippen LogP contribution in [0.3, 0.4) is 0 Å². The molecular formula is C27H34N2O4. The average Bonchev–Trinajstić information content (AvgIpc) is 3.28. The third-order valence-corrected chi connectivity index (χ3v) is 7.37. The molecule has 2 aliphatic rings. The second-order valence-electron chi connectivity index (χ2n) is 9.38. The van der Waals surface area contributed by atoms with E-state index in [0.29, 0.717) is 13.0 Å². The predicted octanol–water partition coefficient (Wildman–Crippen LogP) is 4.55. The predicted molar refractivity (Wildman–Crippen MR) is 127 cm³/mol. The van der Waals surface area contributed by atoms with Crippen LogP contribution < -0.4 is 5.73 Å². The summed E-state index contributed by atoms with van der Waals surface area (Å²) in [4.78, 5) is 27.5. The van der Waals surface area contributed by atoms with Gasteiger partial charge in [0.1, 0.15) is 11.6 Å². The van der Waals surface area contributed by atoms with Gasteiger partial charge in [-0.15, -0.1) is 0 Å². The molecule has 0 radical (unpaired) electrons. The van der Waals surface area contributed by atoms with Crippen molar-refractivity contribution in [2.24, 2.45) is 11.7 Å². The number of amides is 1. The summed E-state index contributed by atoms with van der Waals surface area (Å²) in [5.41, 5.74) is 8.84. The molecule has 1 heterocycles. The molecule has 2 aromatic rings. The normalized spacial score (nSPS) is 25.2. The Bertz CT molecular complexity index is 979.